The smallest absolute Gasteiger partial charge is 0.303 e. The lowest BCUT2D eigenvalue weighted by Crippen LogP contribution is -1.99. The third-order valence-electron chi connectivity index (χ3n) is 3.66. The van der Waals surface area contributed by atoms with Crippen LogP contribution in [-0.2, 0) is 11.2 Å². The average molecular weight is 258 g/mol. The molecule has 1 aromatic heterocycles. The van der Waals surface area contributed by atoms with E-state index in [1.165, 1.54) is 16.7 Å². The summed E-state index contributed by atoms with van der Waals surface area (Å²) in [6.45, 7) is 6.28. The second kappa shape index (κ2) is 5.26. The maximum absolute atomic E-state index is 10.7. The van der Waals surface area contributed by atoms with Gasteiger partial charge >= 0.3 is 5.97 Å². The zero-order valence-corrected chi connectivity index (χ0v) is 11.4. The fraction of sp³-hybridized carbons (Fsp3) is 0.333. The number of carbonyl (C=O) groups is 1. The molecule has 0 spiro atoms. The lowest BCUT2D eigenvalue weighted by atomic mass is 9.93. The molecule has 19 heavy (non-hydrogen) atoms. The number of aromatic amines is 1. The molecule has 0 saturated carbocycles. The van der Waals surface area contributed by atoms with E-state index < -0.39 is 5.97 Å². The summed E-state index contributed by atoms with van der Waals surface area (Å²) in [6.07, 6.45) is 2.35. The summed E-state index contributed by atoms with van der Waals surface area (Å²) in [6, 6.07) is 4.17. The van der Waals surface area contributed by atoms with Crippen molar-refractivity contribution in [2.45, 2.75) is 33.6 Å². The van der Waals surface area contributed by atoms with Gasteiger partial charge in [0.2, 0.25) is 0 Å². The van der Waals surface area contributed by atoms with Crippen molar-refractivity contribution in [3.8, 4) is 11.1 Å². The van der Waals surface area contributed by atoms with E-state index in [0.717, 1.165) is 16.8 Å². The molecule has 2 N–H and O–H groups in total. The second-order valence-electron chi connectivity index (χ2n) is 4.84. The van der Waals surface area contributed by atoms with Crippen molar-refractivity contribution in [3.05, 3.63) is 40.7 Å². The summed E-state index contributed by atoms with van der Waals surface area (Å²) >= 11 is 0. The van der Waals surface area contributed by atoms with E-state index in [1.807, 2.05) is 0 Å². The maximum Gasteiger partial charge on any atom is 0.303 e. The van der Waals surface area contributed by atoms with Crippen LogP contribution in [0.15, 0.2) is 18.3 Å². The van der Waals surface area contributed by atoms with Crippen molar-refractivity contribution in [1.29, 1.82) is 0 Å². The molecular weight excluding hydrogens is 240 g/mol. The highest BCUT2D eigenvalue weighted by Crippen LogP contribution is 2.29. The highest BCUT2D eigenvalue weighted by Gasteiger charge is 2.13. The fourth-order valence-corrected chi connectivity index (χ4v) is 2.22. The van der Waals surface area contributed by atoms with Gasteiger partial charge in [0.1, 0.15) is 0 Å². The molecule has 1 aromatic carbocycles. The monoisotopic (exact) mass is 258 g/mol. The Morgan fingerprint density at radius 3 is 2.63 bits per heavy atom. The number of hydrogen-bond acceptors (Lipinski definition) is 2. The zero-order chi connectivity index (χ0) is 14.0. The molecule has 100 valence electrons. The first-order valence-corrected chi connectivity index (χ1v) is 6.32. The molecule has 0 aliphatic heterocycles. The molecule has 0 bridgehead atoms. The Balaban J connectivity index is 2.40. The number of aliphatic carboxylic acids is 1. The van der Waals surface area contributed by atoms with Gasteiger partial charge in [-0.3, -0.25) is 9.89 Å². The summed E-state index contributed by atoms with van der Waals surface area (Å²) in [7, 11) is 0. The Morgan fingerprint density at radius 2 is 1.95 bits per heavy atom. The fourth-order valence-electron chi connectivity index (χ4n) is 2.22. The summed E-state index contributed by atoms with van der Waals surface area (Å²) in [5.74, 6) is -0.794. The number of rotatable bonds is 4. The van der Waals surface area contributed by atoms with Crippen LogP contribution in [0.4, 0.5) is 0 Å². The van der Waals surface area contributed by atoms with E-state index in [9.17, 15) is 4.79 Å². The van der Waals surface area contributed by atoms with Gasteiger partial charge in [-0.15, -0.1) is 0 Å². The highest BCUT2D eigenvalue weighted by molar-refractivity contribution is 5.72. The van der Waals surface area contributed by atoms with Crippen LogP contribution in [0, 0.1) is 20.8 Å². The van der Waals surface area contributed by atoms with Crippen molar-refractivity contribution >= 4 is 5.97 Å². The number of aryl methyl sites for hydroxylation is 2. The predicted molar refractivity (Wildman–Crippen MR) is 74.2 cm³/mol. The molecule has 0 atom stereocenters. The molecule has 4 nitrogen and oxygen atoms in total. The number of aromatic nitrogens is 2. The number of nitrogens with one attached hydrogen (secondary N) is 1. The normalized spacial score (nSPS) is 10.7. The Kier molecular flexibility index (Phi) is 3.69. The zero-order valence-electron chi connectivity index (χ0n) is 11.4. The van der Waals surface area contributed by atoms with E-state index in [0.29, 0.717) is 6.42 Å². The van der Waals surface area contributed by atoms with Gasteiger partial charge in [0.15, 0.2) is 0 Å². The standard InChI is InChI=1S/C15H18N2O2/c1-9-4-5-12(11(3)10(9)2)13-8-16-17-14(13)6-7-15(18)19/h4-5,8H,6-7H2,1-3H3,(H,16,17)(H,18,19). The van der Waals surface area contributed by atoms with Crippen LogP contribution in [0.25, 0.3) is 11.1 Å². The highest BCUT2D eigenvalue weighted by atomic mass is 16.4. The van der Waals surface area contributed by atoms with Crippen molar-refractivity contribution in [3.63, 3.8) is 0 Å². The van der Waals surface area contributed by atoms with E-state index in [4.69, 9.17) is 5.11 Å². The molecule has 0 aliphatic rings. The Labute approximate surface area is 112 Å². The van der Waals surface area contributed by atoms with Crippen LogP contribution in [0.2, 0.25) is 0 Å². The van der Waals surface area contributed by atoms with Gasteiger partial charge in [-0.1, -0.05) is 12.1 Å². The van der Waals surface area contributed by atoms with Crippen LogP contribution in [0.1, 0.15) is 28.8 Å². The van der Waals surface area contributed by atoms with Crippen LogP contribution in [0.5, 0.6) is 0 Å². The number of H-pyrrole nitrogens is 1. The van der Waals surface area contributed by atoms with Gasteiger partial charge in [0.05, 0.1) is 12.6 Å². The lowest BCUT2D eigenvalue weighted by molar-refractivity contribution is -0.136. The Morgan fingerprint density at radius 1 is 1.21 bits per heavy atom. The topological polar surface area (TPSA) is 66.0 Å². The van der Waals surface area contributed by atoms with Gasteiger partial charge in [-0.05, 0) is 43.0 Å². The Hall–Kier alpha value is -2.10. The van der Waals surface area contributed by atoms with Gasteiger partial charge in [0.25, 0.3) is 0 Å². The van der Waals surface area contributed by atoms with E-state index in [1.54, 1.807) is 6.20 Å². The lowest BCUT2D eigenvalue weighted by Gasteiger charge is -2.11. The van der Waals surface area contributed by atoms with E-state index in [2.05, 4.69) is 43.1 Å². The maximum atomic E-state index is 10.7. The van der Waals surface area contributed by atoms with Gasteiger partial charge in [-0.2, -0.15) is 5.10 Å². The van der Waals surface area contributed by atoms with Crippen molar-refractivity contribution in [2.75, 3.05) is 0 Å². The van der Waals surface area contributed by atoms with E-state index in [-0.39, 0.29) is 6.42 Å². The molecule has 0 unspecified atom stereocenters. The number of hydrogen-bond donors (Lipinski definition) is 2. The van der Waals surface area contributed by atoms with Crippen LogP contribution < -0.4 is 0 Å². The largest absolute Gasteiger partial charge is 0.481 e. The summed E-state index contributed by atoms with van der Waals surface area (Å²) < 4.78 is 0. The third kappa shape index (κ3) is 2.67. The molecule has 1 heterocycles. The van der Waals surface area contributed by atoms with Gasteiger partial charge in [-0.25, -0.2) is 0 Å². The molecule has 0 aliphatic carbocycles. The molecule has 0 radical (unpaired) electrons. The molecule has 0 fully saturated rings. The molecular formula is C15H18N2O2. The van der Waals surface area contributed by atoms with Crippen molar-refractivity contribution < 1.29 is 9.90 Å². The minimum atomic E-state index is -0.794. The number of benzene rings is 1. The molecule has 2 aromatic rings. The van der Waals surface area contributed by atoms with Crippen LogP contribution in [0.3, 0.4) is 0 Å². The van der Waals surface area contributed by atoms with Crippen molar-refractivity contribution in [1.82, 2.24) is 10.2 Å². The van der Waals surface area contributed by atoms with Gasteiger partial charge in [0, 0.05) is 17.7 Å². The molecule has 0 saturated heterocycles. The number of nitrogens with zero attached hydrogens (tertiary/aromatic N) is 1. The first kappa shape index (κ1) is 13.3. The van der Waals surface area contributed by atoms with Gasteiger partial charge < -0.3 is 5.11 Å². The first-order chi connectivity index (χ1) is 9.00. The quantitative estimate of drug-likeness (QED) is 0.885. The first-order valence-electron chi connectivity index (χ1n) is 6.32. The Bertz CT molecular complexity index is 615. The SMILES string of the molecule is Cc1ccc(-c2cn[nH]c2CCC(=O)O)c(C)c1C. The number of carboxylic acids is 1. The average Bonchev–Trinajstić information content (AvgIpc) is 2.82. The molecule has 4 heteroatoms. The van der Waals surface area contributed by atoms with Crippen LogP contribution in [-0.4, -0.2) is 21.3 Å². The second-order valence-corrected chi connectivity index (χ2v) is 4.84. The van der Waals surface area contributed by atoms with Crippen LogP contribution >= 0.6 is 0 Å². The summed E-state index contributed by atoms with van der Waals surface area (Å²) in [5, 5.41) is 15.7. The summed E-state index contributed by atoms with van der Waals surface area (Å²) in [4.78, 5) is 10.7. The molecule has 2 rings (SSSR count). The minimum absolute atomic E-state index is 0.110. The minimum Gasteiger partial charge on any atom is -0.481 e. The predicted octanol–water partition coefficient (Wildman–Crippen LogP) is 3.02. The third-order valence-corrected chi connectivity index (χ3v) is 3.66. The van der Waals surface area contributed by atoms with E-state index >= 15 is 0 Å². The molecule has 0 amide bonds. The van der Waals surface area contributed by atoms with Crippen molar-refractivity contribution in [2.24, 2.45) is 0 Å². The summed E-state index contributed by atoms with van der Waals surface area (Å²) in [5.41, 5.74) is 6.76. The number of carboxylic acid groups (broad SMARTS) is 1.